The van der Waals surface area contributed by atoms with Crippen molar-refractivity contribution >= 4 is 55.0 Å². The van der Waals surface area contributed by atoms with Crippen molar-refractivity contribution < 1.29 is 22.7 Å². The first-order valence-corrected chi connectivity index (χ1v) is 12.3. The Hall–Kier alpha value is -4.05. The third-order valence-corrected chi connectivity index (χ3v) is 5.72. The first-order valence-electron chi connectivity index (χ1n) is 10.4. The highest BCUT2D eigenvalue weighted by Crippen LogP contribution is 2.38. The Bertz CT molecular complexity index is 1430. The first-order chi connectivity index (χ1) is 16.3. The minimum absolute atomic E-state index is 0.159. The zero-order chi connectivity index (χ0) is 24.3. The Labute approximate surface area is 197 Å². The van der Waals surface area contributed by atoms with Gasteiger partial charge >= 0.3 is 6.09 Å². The number of benzene rings is 3. The van der Waals surface area contributed by atoms with Crippen LogP contribution < -0.4 is 20.1 Å². The number of pyridine rings is 1. The fraction of sp³-hybridized carbons (Fsp3) is 0.167. The molecule has 0 radical (unpaired) electrons. The van der Waals surface area contributed by atoms with Crippen LogP contribution in [0, 0.1) is 0 Å². The number of hydrogen-bond donors (Lipinski definition) is 3. The summed E-state index contributed by atoms with van der Waals surface area (Å²) >= 11 is 0. The molecule has 0 saturated heterocycles. The van der Waals surface area contributed by atoms with Gasteiger partial charge in [0, 0.05) is 29.4 Å². The number of hydrogen-bond acceptors (Lipinski definition) is 7. The van der Waals surface area contributed by atoms with Crippen LogP contribution in [0.5, 0.6) is 5.75 Å². The number of nitrogens with one attached hydrogen (secondary N) is 3. The van der Waals surface area contributed by atoms with Crippen LogP contribution in [0.15, 0.2) is 60.7 Å². The van der Waals surface area contributed by atoms with E-state index < -0.39 is 16.1 Å². The second kappa shape index (κ2) is 9.44. The number of alkyl carbamates (subject to hydrolysis) is 1. The van der Waals surface area contributed by atoms with E-state index in [-0.39, 0.29) is 12.3 Å². The number of aromatic nitrogens is 1. The van der Waals surface area contributed by atoms with Gasteiger partial charge in [0.05, 0.1) is 41.5 Å². The van der Waals surface area contributed by atoms with Crippen molar-refractivity contribution in [2.75, 3.05) is 30.5 Å². The number of rotatable bonds is 7. The molecule has 10 heteroatoms. The fourth-order valence-electron chi connectivity index (χ4n) is 3.63. The predicted molar refractivity (Wildman–Crippen MR) is 133 cm³/mol. The quantitative estimate of drug-likeness (QED) is 0.336. The number of ether oxygens (including phenoxy) is 2. The normalized spacial score (nSPS) is 11.3. The lowest BCUT2D eigenvalue weighted by atomic mass is 10.1. The molecule has 0 bridgehead atoms. The number of carbonyl (C=O) groups excluding carboxylic acids is 1. The molecule has 1 aromatic heterocycles. The lowest BCUT2D eigenvalue weighted by molar-refractivity contribution is 0.142. The Morgan fingerprint density at radius 2 is 1.59 bits per heavy atom. The molecule has 34 heavy (non-hydrogen) atoms. The molecule has 0 spiro atoms. The van der Waals surface area contributed by atoms with Gasteiger partial charge in [-0.25, -0.2) is 18.2 Å². The number of fused-ring (bicyclic) bond motifs is 2. The highest BCUT2D eigenvalue weighted by molar-refractivity contribution is 7.92. The van der Waals surface area contributed by atoms with E-state index >= 15 is 0 Å². The SMILES string of the molecule is CNC(=O)OCc1cc(Nc2c3ccccc3nc3ccccc23)c(OC)cc1NS(C)(=O)=O. The molecule has 0 saturated carbocycles. The molecule has 4 rings (SSSR count). The summed E-state index contributed by atoms with van der Waals surface area (Å²) in [5.74, 6) is 0.403. The maximum absolute atomic E-state index is 11.9. The Kier molecular flexibility index (Phi) is 6.42. The number of methoxy groups -OCH3 is 1. The van der Waals surface area contributed by atoms with Crippen LogP contribution in [0.25, 0.3) is 21.8 Å². The highest BCUT2D eigenvalue weighted by Gasteiger charge is 2.17. The van der Waals surface area contributed by atoms with Gasteiger partial charge in [-0.2, -0.15) is 0 Å². The second-order valence-electron chi connectivity index (χ2n) is 7.56. The number of carbonyl (C=O) groups is 1. The summed E-state index contributed by atoms with van der Waals surface area (Å²) < 4.78 is 37.1. The van der Waals surface area contributed by atoms with E-state index in [0.717, 1.165) is 33.7 Å². The van der Waals surface area contributed by atoms with Gasteiger partial charge < -0.3 is 20.1 Å². The van der Waals surface area contributed by atoms with Gasteiger partial charge in [-0.1, -0.05) is 36.4 Å². The largest absolute Gasteiger partial charge is 0.494 e. The molecule has 176 valence electrons. The Morgan fingerprint density at radius 3 is 2.15 bits per heavy atom. The lowest BCUT2D eigenvalue weighted by Gasteiger charge is -2.19. The van der Waals surface area contributed by atoms with Crippen LogP contribution in [0.1, 0.15) is 5.56 Å². The van der Waals surface area contributed by atoms with Crippen LogP contribution in [0.2, 0.25) is 0 Å². The average Bonchev–Trinajstić information content (AvgIpc) is 2.82. The second-order valence-corrected chi connectivity index (χ2v) is 9.30. The van der Waals surface area contributed by atoms with Crippen LogP contribution in [0.4, 0.5) is 21.9 Å². The van der Waals surface area contributed by atoms with Crippen molar-refractivity contribution in [1.82, 2.24) is 10.3 Å². The topological polar surface area (TPSA) is 119 Å². The van der Waals surface area contributed by atoms with Crippen molar-refractivity contribution in [3.05, 3.63) is 66.2 Å². The summed E-state index contributed by atoms with van der Waals surface area (Å²) in [6.07, 6.45) is 0.409. The molecular formula is C24H24N4O5S. The summed E-state index contributed by atoms with van der Waals surface area (Å²) in [7, 11) is -0.651. The summed E-state index contributed by atoms with van der Waals surface area (Å²) in [5, 5.41) is 7.63. The van der Waals surface area contributed by atoms with E-state index in [1.165, 1.54) is 14.2 Å². The van der Waals surface area contributed by atoms with Gasteiger partial charge in [0.25, 0.3) is 0 Å². The molecule has 3 N–H and O–H groups in total. The standard InChI is InChI=1S/C24H24N4O5S/c1-25-24(29)33-14-15-12-21(22(32-2)13-20(15)28-34(3,30)31)27-23-16-8-4-6-10-18(16)26-19-11-7-5-9-17(19)23/h4-13,28H,14H2,1-3H3,(H,25,29)(H,26,27). The molecule has 0 unspecified atom stereocenters. The zero-order valence-corrected chi connectivity index (χ0v) is 19.7. The van der Waals surface area contributed by atoms with E-state index in [1.54, 1.807) is 12.1 Å². The minimum atomic E-state index is -3.59. The minimum Gasteiger partial charge on any atom is -0.494 e. The van der Waals surface area contributed by atoms with Crippen molar-refractivity contribution in [1.29, 1.82) is 0 Å². The first kappa shape index (κ1) is 23.1. The van der Waals surface area contributed by atoms with Crippen LogP contribution in [0.3, 0.4) is 0 Å². The monoisotopic (exact) mass is 480 g/mol. The smallest absolute Gasteiger partial charge is 0.407 e. The van der Waals surface area contributed by atoms with E-state index in [9.17, 15) is 13.2 Å². The van der Waals surface area contributed by atoms with E-state index in [4.69, 9.17) is 14.5 Å². The molecule has 0 fully saturated rings. The summed E-state index contributed by atoms with van der Waals surface area (Å²) in [4.78, 5) is 16.4. The van der Waals surface area contributed by atoms with E-state index in [1.807, 2.05) is 48.5 Å². The fourth-order valence-corrected chi connectivity index (χ4v) is 4.22. The lowest BCUT2D eigenvalue weighted by Crippen LogP contribution is -2.19. The summed E-state index contributed by atoms with van der Waals surface area (Å²) in [6.45, 7) is -0.159. The molecule has 9 nitrogen and oxygen atoms in total. The molecule has 0 aliphatic carbocycles. The van der Waals surface area contributed by atoms with Gasteiger partial charge in [0.15, 0.2) is 0 Å². The molecule has 3 aromatic carbocycles. The van der Waals surface area contributed by atoms with Crippen molar-refractivity contribution in [3.8, 4) is 5.75 Å². The van der Waals surface area contributed by atoms with Gasteiger partial charge in [-0.05, 0) is 18.2 Å². The number of sulfonamides is 1. The maximum atomic E-state index is 11.9. The maximum Gasteiger partial charge on any atom is 0.407 e. The Balaban J connectivity index is 1.87. The molecule has 0 atom stereocenters. The summed E-state index contributed by atoms with van der Waals surface area (Å²) in [6, 6.07) is 18.8. The van der Waals surface area contributed by atoms with Crippen molar-refractivity contribution in [2.45, 2.75) is 6.61 Å². The van der Waals surface area contributed by atoms with Gasteiger partial charge in [0.2, 0.25) is 10.0 Å². The molecule has 1 amide bonds. The molecule has 1 heterocycles. The third kappa shape index (κ3) is 4.96. The van der Waals surface area contributed by atoms with Gasteiger partial charge in [-0.15, -0.1) is 0 Å². The molecule has 0 aliphatic heterocycles. The van der Waals surface area contributed by atoms with Gasteiger partial charge in [0.1, 0.15) is 12.4 Å². The highest BCUT2D eigenvalue weighted by atomic mass is 32.2. The van der Waals surface area contributed by atoms with E-state index in [0.29, 0.717) is 17.0 Å². The number of para-hydroxylation sites is 2. The number of anilines is 3. The molecule has 0 aliphatic rings. The number of nitrogens with zero attached hydrogens (tertiary/aromatic N) is 1. The average molecular weight is 481 g/mol. The van der Waals surface area contributed by atoms with Crippen LogP contribution >= 0.6 is 0 Å². The van der Waals surface area contributed by atoms with Gasteiger partial charge in [-0.3, -0.25) is 4.72 Å². The van der Waals surface area contributed by atoms with Crippen molar-refractivity contribution in [2.24, 2.45) is 0 Å². The number of amides is 1. The zero-order valence-electron chi connectivity index (χ0n) is 18.9. The van der Waals surface area contributed by atoms with Crippen molar-refractivity contribution in [3.63, 3.8) is 0 Å². The Morgan fingerprint density at radius 1 is 0.971 bits per heavy atom. The summed E-state index contributed by atoms with van der Waals surface area (Å²) in [5.41, 5.74) is 3.72. The molecular weight excluding hydrogens is 456 g/mol. The molecule has 4 aromatic rings. The predicted octanol–water partition coefficient (Wildman–Crippen LogP) is 4.37. The van der Waals surface area contributed by atoms with E-state index in [2.05, 4.69) is 15.4 Å². The third-order valence-electron chi connectivity index (χ3n) is 5.13. The van der Waals surface area contributed by atoms with Crippen LogP contribution in [-0.2, 0) is 21.4 Å². The van der Waals surface area contributed by atoms with Crippen LogP contribution in [-0.4, -0.2) is 39.9 Å².